The van der Waals surface area contributed by atoms with Crippen molar-refractivity contribution in [3.63, 3.8) is 0 Å². The standard InChI is InChI=1S/C14H15NOS/c16-11-12-4-3-6-14(10-12)17-9-7-13-5-1-2-8-15-13/h1-6,8,10,16H,7,9,11H2. The van der Waals surface area contributed by atoms with Gasteiger partial charge < -0.3 is 5.11 Å². The topological polar surface area (TPSA) is 33.1 Å². The van der Waals surface area contributed by atoms with E-state index in [0.29, 0.717) is 0 Å². The summed E-state index contributed by atoms with van der Waals surface area (Å²) in [6, 6.07) is 14.0. The van der Waals surface area contributed by atoms with E-state index in [4.69, 9.17) is 5.11 Å². The molecule has 2 aromatic rings. The first-order valence-electron chi connectivity index (χ1n) is 5.61. The molecule has 0 fully saturated rings. The van der Waals surface area contributed by atoms with Crippen LogP contribution in [0.4, 0.5) is 0 Å². The molecule has 0 amide bonds. The number of rotatable bonds is 5. The summed E-state index contributed by atoms with van der Waals surface area (Å²) < 4.78 is 0. The third kappa shape index (κ3) is 3.88. The van der Waals surface area contributed by atoms with Gasteiger partial charge in [0.25, 0.3) is 0 Å². The normalized spacial score (nSPS) is 10.4. The minimum absolute atomic E-state index is 0.106. The number of aryl methyl sites for hydroxylation is 1. The first kappa shape index (κ1) is 12.1. The molecule has 2 rings (SSSR count). The number of thioether (sulfide) groups is 1. The maximum Gasteiger partial charge on any atom is 0.0682 e. The van der Waals surface area contributed by atoms with Gasteiger partial charge in [-0.2, -0.15) is 0 Å². The van der Waals surface area contributed by atoms with Crippen LogP contribution in [-0.4, -0.2) is 15.8 Å². The number of aliphatic hydroxyl groups excluding tert-OH is 1. The quantitative estimate of drug-likeness (QED) is 0.822. The first-order chi connectivity index (χ1) is 8.38. The molecule has 0 spiro atoms. The summed E-state index contributed by atoms with van der Waals surface area (Å²) in [5.74, 6) is 1.01. The molecule has 0 radical (unpaired) electrons. The van der Waals surface area contributed by atoms with Gasteiger partial charge in [-0.05, 0) is 36.2 Å². The zero-order chi connectivity index (χ0) is 11.9. The number of hydrogen-bond acceptors (Lipinski definition) is 3. The molecule has 0 atom stereocenters. The number of pyridine rings is 1. The van der Waals surface area contributed by atoms with Crippen molar-refractivity contribution in [1.82, 2.24) is 4.98 Å². The minimum Gasteiger partial charge on any atom is -0.392 e. The molecule has 0 aliphatic rings. The molecule has 1 N–H and O–H groups in total. The minimum atomic E-state index is 0.106. The van der Waals surface area contributed by atoms with Gasteiger partial charge in [-0.1, -0.05) is 18.2 Å². The van der Waals surface area contributed by atoms with Crippen molar-refractivity contribution in [3.05, 3.63) is 59.9 Å². The second-order valence-corrected chi connectivity index (χ2v) is 4.89. The van der Waals surface area contributed by atoms with E-state index in [1.54, 1.807) is 11.8 Å². The van der Waals surface area contributed by atoms with Gasteiger partial charge in [-0.25, -0.2) is 0 Å². The lowest BCUT2D eigenvalue weighted by Crippen LogP contribution is -1.91. The van der Waals surface area contributed by atoms with E-state index in [2.05, 4.69) is 11.1 Å². The number of aromatic nitrogens is 1. The Balaban J connectivity index is 1.86. The fourth-order valence-electron chi connectivity index (χ4n) is 1.55. The van der Waals surface area contributed by atoms with E-state index in [-0.39, 0.29) is 6.61 Å². The Labute approximate surface area is 106 Å². The molecule has 88 valence electrons. The lowest BCUT2D eigenvalue weighted by molar-refractivity contribution is 0.281. The molecular weight excluding hydrogens is 230 g/mol. The number of aliphatic hydroxyl groups is 1. The molecule has 17 heavy (non-hydrogen) atoms. The Morgan fingerprint density at radius 1 is 1.12 bits per heavy atom. The molecule has 0 saturated carbocycles. The van der Waals surface area contributed by atoms with Crippen LogP contribution < -0.4 is 0 Å². The average Bonchev–Trinajstić information content (AvgIpc) is 2.40. The molecular formula is C14H15NOS. The second kappa shape index (κ2) is 6.42. The van der Waals surface area contributed by atoms with Crippen LogP contribution in [0.3, 0.4) is 0 Å². The molecule has 0 saturated heterocycles. The summed E-state index contributed by atoms with van der Waals surface area (Å²) in [4.78, 5) is 5.49. The van der Waals surface area contributed by atoms with Crippen LogP contribution in [0.25, 0.3) is 0 Å². The maximum absolute atomic E-state index is 9.05. The monoisotopic (exact) mass is 245 g/mol. The van der Waals surface area contributed by atoms with Gasteiger partial charge in [0.15, 0.2) is 0 Å². The Morgan fingerprint density at radius 3 is 2.82 bits per heavy atom. The Morgan fingerprint density at radius 2 is 2.06 bits per heavy atom. The van der Waals surface area contributed by atoms with Crippen LogP contribution in [0.5, 0.6) is 0 Å². The van der Waals surface area contributed by atoms with Crippen molar-refractivity contribution in [2.24, 2.45) is 0 Å². The lowest BCUT2D eigenvalue weighted by atomic mass is 10.2. The van der Waals surface area contributed by atoms with Crippen molar-refractivity contribution < 1.29 is 5.11 Å². The van der Waals surface area contributed by atoms with Crippen LogP contribution in [0.1, 0.15) is 11.3 Å². The summed E-state index contributed by atoms with van der Waals surface area (Å²) in [6.45, 7) is 0.106. The highest BCUT2D eigenvalue weighted by atomic mass is 32.2. The van der Waals surface area contributed by atoms with Crippen molar-refractivity contribution >= 4 is 11.8 Å². The zero-order valence-corrected chi connectivity index (χ0v) is 10.4. The van der Waals surface area contributed by atoms with Gasteiger partial charge in [0, 0.05) is 22.5 Å². The third-order valence-electron chi connectivity index (χ3n) is 2.43. The smallest absolute Gasteiger partial charge is 0.0682 e. The van der Waals surface area contributed by atoms with Crippen molar-refractivity contribution in [2.45, 2.75) is 17.9 Å². The zero-order valence-electron chi connectivity index (χ0n) is 9.54. The van der Waals surface area contributed by atoms with Crippen LogP contribution >= 0.6 is 11.8 Å². The summed E-state index contributed by atoms with van der Waals surface area (Å²) >= 11 is 1.79. The van der Waals surface area contributed by atoms with Gasteiger partial charge >= 0.3 is 0 Å². The molecule has 0 bridgehead atoms. The Bertz CT molecular complexity index is 459. The van der Waals surface area contributed by atoms with Crippen LogP contribution in [-0.2, 0) is 13.0 Å². The molecule has 1 aromatic carbocycles. The highest BCUT2D eigenvalue weighted by Gasteiger charge is 1.98. The first-order valence-corrected chi connectivity index (χ1v) is 6.59. The Hall–Kier alpha value is -1.32. The molecule has 2 nitrogen and oxygen atoms in total. The lowest BCUT2D eigenvalue weighted by Gasteiger charge is -2.03. The fourth-order valence-corrected chi connectivity index (χ4v) is 2.51. The largest absolute Gasteiger partial charge is 0.392 e. The summed E-state index contributed by atoms with van der Waals surface area (Å²) in [7, 11) is 0. The van der Waals surface area contributed by atoms with E-state index >= 15 is 0 Å². The molecule has 0 aliphatic heterocycles. The van der Waals surface area contributed by atoms with Gasteiger partial charge in [0.1, 0.15) is 0 Å². The molecule has 1 heterocycles. The van der Waals surface area contributed by atoms with Crippen molar-refractivity contribution in [2.75, 3.05) is 5.75 Å². The van der Waals surface area contributed by atoms with E-state index in [9.17, 15) is 0 Å². The number of hydrogen-bond donors (Lipinski definition) is 1. The summed E-state index contributed by atoms with van der Waals surface area (Å²) in [5, 5.41) is 9.05. The highest BCUT2D eigenvalue weighted by Crippen LogP contribution is 2.20. The maximum atomic E-state index is 9.05. The SMILES string of the molecule is OCc1cccc(SCCc2ccccn2)c1. The van der Waals surface area contributed by atoms with E-state index in [0.717, 1.165) is 23.4 Å². The number of benzene rings is 1. The van der Waals surface area contributed by atoms with Crippen LogP contribution in [0.15, 0.2) is 53.6 Å². The van der Waals surface area contributed by atoms with Crippen LogP contribution in [0.2, 0.25) is 0 Å². The predicted molar refractivity (Wildman–Crippen MR) is 71.0 cm³/mol. The summed E-state index contributed by atoms with van der Waals surface area (Å²) in [5.41, 5.74) is 2.09. The van der Waals surface area contributed by atoms with Gasteiger partial charge in [-0.15, -0.1) is 11.8 Å². The second-order valence-electron chi connectivity index (χ2n) is 3.73. The van der Waals surface area contributed by atoms with Crippen molar-refractivity contribution in [3.8, 4) is 0 Å². The van der Waals surface area contributed by atoms with E-state index < -0.39 is 0 Å². The van der Waals surface area contributed by atoms with Gasteiger partial charge in [-0.3, -0.25) is 4.98 Å². The fraction of sp³-hybridized carbons (Fsp3) is 0.214. The number of nitrogens with zero attached hydrogens (tertiary/aromatic N) is 1. The van der Waals surface area contributed by atoms with Gasteiger partial charge in [0.05, 0.1) is 6.61 Å². The van der Waals surface area contributed by atoms with E-state index in [1.807, 2.05) is 42.6 Å². The highest BCUT2D eigenvalue weighted by molar-refractivity contribution is 7.99. The molecule has 1 aromatic heterocycles. The summed E-state index contributed by atoms with van der Waals surface area (Å²) in [6.07, 6.45) is 2.79. The third-order valence-corrected chi connectivity index (χ3v) is 3.43. The predicted octanol–water partition coefficient (Wildman–Crippen LogP) is 2.91. The van der Waals surface area contributed by atoms with Crippen molar-refractivity contribution in [1.29, 1.82) is 0 Å². The van der Waals surface area contributed by atoms with E-state index in [1.165, 1.54) is 4.90 Å². The molecule has 3 heteroatoms. The Kier molecular flexibility index (Phi) is 4.59. The average molecular weight is 245 g/mol. The van der Waals surface area contributed by atoms with Crippen LogP contribution in [0, 0.1) is 0 Å². The molecule has 0 unspecified atom stereocenters. The molecule has 0 aliphatic carbocycles. The van der Waals surface area contributed by atoms with Gasteiger partial charge in [0.2, 0.25) is 0 Å².